The van der Waals surface area contributed by atoms with Crippen LogP contribution in [0.25, 0.3) is 0 Å². The molecule has 0 aliphatic carbocycles. The summed E-state index contributed by atoms with van der Waals surface area (Å²) in [5.74, 6) is 0. The molecule has 0 fully saturated rings. The average Bonchev–Trinajstić information content (AvgIpc) is 2.30. The zero-order valence-corrected chi connectivity index (χ0v) is 18.3. The standard InChI is InChI=1S/2C4H11O2PS2.Mo.O/c2*1-2-3-4-6-7(5,8)9;;/h2*2-4H2,1H3,(H2,5,8,9);;/q;;+4;/p-4. The average molecular weight is 480 g/mol. The van der Waals surface area contributed by atoms with E-state index in [4.69, 9.17) is 3.40 Å². The molecule has 20 heavy (non-hydrogen) atoms. The topological polar surface area (TPSA) is 81.7 Å². The first-order valence-corrected chi connectivity index (χ1v) is 13.7. The van der Waals surface area contributed by atoms with Crippen molar-refractivity contribution in [1.82, 2.24) is 0 Å². The molecule has 0 saturated heterocycles. The van der Waals surface area contributed by atoms with E-state index in [1.54, 1.807) is 0 Å². The minimum absolute atomic E-state index is 0.431. The molecule has 0 aliphatic rings. The molecule has 5 nitrogen and oxygen atoms in total. The third-order valence-electron chi connectivity index (χ3n) is 1.49. The first-order valence-electron chi connectivity index (χ1n) is 5.62. The molecule has 0 rings (SSSR count). The summed E-state index contributed by atoms with van der Waals surface area (Å²) in [7, 11) is 0. The van der Waals surface area contributed by atoms with E-state index >= 15 is 0 Å². The van der Waals surface area contributed by atoms with E-state index in [2.05, 4.69) is 57.2 Å². The fourth-order valence-corrected chi connectivity index (χ4v) is 2.24. The van der Waals surface area contributed by atoms with Crippen LogP contribution < -0.4 is 9.79 Å². The monoisotopic (exact) mass is 482 g/mol. The fourth-order valence-electron chi connectivity index (χ4n) is 0.641. The molecule has 2 unspecified atom stereocenters. The fraction of sp³-hybridized carbons (Fsp3) is 1.00. The van der Waals surface area contributed by atoms with Gasteiger partial charge in [-0.2, -0.15) is 0 Å². The van der Waals surface area contributed by atoms with Gasteiger partial charge in [0, 0.05) is 13.2 Å². The van der Waals surface area contributed by atoms with Gasteiger partial charge in [0.25, 0.3) is 0 Å². The molecule has 0 N–H and O–H groups in total. The Labute approximate surface area is 153 Å². The van der Waals surface area contributed by atoms with Gasteiger partial charge >= 0.3 is 23.2 Å². The predicted octanol–water partition coefficient (Wildman–Crippen LogP) is 1.75. The van der Waals surface area contributed by atoms with Gasteiger partial charge in [0.05, 0.1) is 0 Å². The van der Waals surface area contributed by atoms with Gasteiger partial charge in [-0.15, -0.1) is 35.0 Å². The molecule has 12 heteroatoms. The van der Waals surface area contributed by atoms with Crippen LogP contribution in [0.3, 0.4) is 0 Å². The summed E-state index contributed by atoms with van der Waals surface area (Å²) in [5, 5.41) is 0. The third-order valence-corrected chi connectivity index (χ3v) is 3.76. The van der Waals surface area contributed by atoms with Crippen molar-refractivity contribution < 1.29 is 42.0 Å². The van der Waals surface area contributed by atoms with E-state index in [0.29, 0.717) is 33.0 Å². The van der Waals surface area contributed by atoms with Gasteiger partial charge in [-0.1, -0.05) is 26.7 Å². The Morgan fingerprint density at radius 1 is 0.950 bits per heavy atom. The van der Waals surface area contributed by atoms with Gasteiger partial charge in [0.15, 0.2) is 0 Å². The molecular weight excluding hydrogens is 462 g/mol. The first-order chi connectivity index (χ1) is 9.12. The summed E-state index contributed by atoms with van der Waals surface area (Å²) >= 11 is 18.1. The Hall–Kier alpha value is 2.33. The Morgan fingerprint density at radius 2 is 1.20 bits per heavy atom. The van der Waals surface area contributed by atoms with Crippen molar-refractivity contribution in [3.63, 3.8) is 0 Å². The van der Waals surface area contributed by atoms with Crippen molar-refractivity contribution in [3.8, 4) is 0 Å². The predicted molar refractivity (Wildman–Crippen MR) is 85.7 cm³/mol. The van der Waals surface area contributed by atoms with Crippen LogP contribution in [0.1, 0.15) is 39.5 Å². The van der Waals surface area contributed by atoms with Gasteiger partial charge in [-0.25, -0.2) is 0 Å². The molecule has 0 bridgehead atoms. The number of hydrogen-bond donors (Lipinski definition) is 0. The van der Waals surface area contributed by atoms with Crippen LogP contribution in [-0.4, -0.2) is 13.2 Å². The normalized spacial score (nSPS) is 15.8. The summed E-state index contributed by atoms with van der Waals surface area (Å²) in [5.41, 5.74) is -6.06. The van der Waals surface area contributed by atoms with E-state index < -0.39 is 11.4 Å². The van der Waals surface area contributed by atoms with Crippen molar-refractivity contribution >= 4 is 59.5 Å². The maximum atomic E-state index is 10.5. The zero-order valence-electron chi connectivity index (χ0n) is 11.2. The van der Waals surface area contributed by atoms with E-state index in [1.807, 2.05) is 13.8 Å². The van der Waals surface area contributed by atoms with Crippen molar-refractivity contribution in [2.24, 2.45) is 0 Å². The molecule has 0 amide bonds. The molecule has 0 aromatic carbocycles. The summed E-state index contributed by atoms with van der Waals surface area (Å²) < 4.78 is 17.6. The van der Waals surface area contributed by atoms with Crippen LogP contribution in [0.2, 0.25) is 0 Å². The second-order valence-corrected chi connectivity index (χ2v) is 12.7. The Kier molecular flexibility index (Phi) is 24.0. The van der Waals surface area contributed by atoms with Crippen molar-refractivity contribution in [2.45, 2.75) is 39.5 Å². The Balaban J connectivity index is -0.000000257. The Morgan fingerprint density at radius 3 is 1.35 bits per heavy atom. The van der Waals surface area contributed by atoms with Gasteiger partial charge in [0.2, 0.25) is 0 Å². The van der Waals surface area contributed by atoms with E-state index in [0.717, 1.165) is 25.7 Å². The molecule has 0 aromatic heterocycles. The van der Waals surface area contributed by atoms with Crippen LogP contribution in [0.15, 0.2) is 0 Å². The van der Waals surface area contributed by atoms with Crippen LogP contribution in [0, 0.1) is 0 Å². The molecule has 2 atom stereocenters. The number of unbranched alkanes of at least 4 members (excludes halogenated alkanes) is 2. The van der Waals surface area contributed by atoms with E-state index in [9.17, 15) is 9.79 Å². The first kappa shape index (κ1) is 27.2. The minimum atomic E-state index is -3.03. The van der Waals surface area contributed by atoms with Crippen molar-refractivity contribution in [1.29, 1.82) is 0 Å². The second-order valence-electron chi connectivity index (χ2n) is 3.27. The second kappa shape index (κ2) is 17.7. The molecule has 0 heterocycles. The van der Waals surface area contributed by atoms with Crippen molar-refractivity contribution in [2.75, 3.05) is 13.2 Å². The number of rotatable bonds is 8. The van der Waals surface area contributed by atoms with Crippen LogP contribution in [0.5, 0.6) is 0 Å². The van der Waals surface area contributed by atoms with Gasteiger partial charge < -0.3 is 43.3 Å². The molecule has 0 radical (unpaired) electrons. The SMILES string of the molecule is CCCCOP([O-])(=S)[S-].CCCCOP([O-])(=S)[S-].[O]=[Mo+4]. The van der Waals surface area contributed by atoms with Gasteiger partial charge in [-0.3, -0.25) is 0 Å². The number of hydrogen-bond acceptors (Lipinski definition) is 9. The molecule has 120 valence electrons. The molecular formula is C8H18MoO5P2S4. The summed E-state index contributed by atoms with van der Waals surface area (Å²) in [6.45, 7) is 4.89. The third kappa shape index (κ3) is 37.0. The van der Waals surface area contributed by atoms with Gasteiger partial charge in [0.1, 0.15) is 0 Å². The summed E-state index contributed by atoms with van der Waals surface area (Å²) in [6, 6.07) is 0. The van der Waals surface area contributed by atoms with Crippen molar-refractivity contribution in [3.05, 3.63) is 0 Å². The van der Waals surface area contributed by atoms with E-state index in [1.165, 1.54) is 0 Å². The van der Waals surface area contributed by atoms with E-state index in [-0.39, 0.29) is 0 Å². The maximum absolute atomic E-state index is 10.5. The zero-order chi connectivity index (χ0) is 16.7. The summed E-state index contributed by atoms with van der Waals surface area (Å²) in [6.07, 6.45) is 3.75. The molecule has 0 spiro atoms. The molecule has 0 aromatic rings. The van der Waals surface area contributed by atoms with Crippen LogP contribution >= 0.6 is 11.4 Å². The Bertz CT molecular complexity index is 271. The quantitative estimate of drug-likeness (QED) is 0.223. The van der Waals surface area contributed by atoms with Crippen LogP contribution in [0.4, 0.5) is 0 Å². The summed E-state index contributed by atoms with van der Waals surface area (Å²) in [4.78, 5) is 21.0. The molecule has 0 saturated carbocycles. The molecule has 0 aliphatic heterocycles. The van der Waals surface area contributed by atoms with Crippen LogP contribution in [-0.2, 0) is 80.3 Å². The van der Waals surface area contributed by atoms with Gasteiger partial charge in [-0.05, 0) is 12.8 Å².